The average Bonchev–Trinajstić information content (AvgIpc) is 3.26. The van der Waals surface area contributed by atoms with Gasteiger partial charge >= 0.3 is 0 Å². The van der Waals surface area contributed by atoms with Crippen molar-refractivity contribution >= 4 is 6.29 Å². The predicted molar refractivity (Wildman–Crippen MR) is 166 cm³/mol. The summed E-state index contributed by atoms with van der Waals surface area (Å²) < 4.78 is 5.85. The molecule has 5 N–H and O–H groups in total. The van der Waals surface area contributed by atoms with E-state index in [1.165, 1.54) is 5.57 Å². The Labute approximate surface area is 252 Å². The first-order valence-corrected chi connectivity index (χ1v) is 15.6. The van der Waals surface area contributed by atoms with Gasteiger partial charge in [0, 0.05) is 17.9 Å². The summed E-state index contributed by atoms with van der Waals surface area (Å²) in [6.07, 6.45) is 13.7. The highest BCUT2D eigenvalue weighted by Crippen LogP contribution is 2.71. The highest BCUT2D eigenvalue weighted by Gasteiger charge is 2.73. The van der Waals surface area contributed by atoms with Crippen molar-refractivity contribution in [1.29, 1.82) is 0 Å². The van der Waals surface area contributed by atoms with Crippen molar-refractivity contribution in [2.24, 2.45) is 23.2 Å². The molecule has 7 nitrogen and oxygen atoms in total. The van der Waals surface area contributed by atoms with E-state index in [-0.39, 0.29) is 37.6 Å². The zero-order valence-corrected chi connectivity index (χ0v) is 26.1. The van der Waals surface area contributed by atoms with Gasteiger partial charge in [-0.05, 0) is 108 Å². The molecular formula is C35H54O7. The zero-order chi connectivity index (χ0) is 31.1. The summed E-state index contributed by atoms with van der Waals surface area (Å²) in [5, 5.41) is 54.1. The molecule has 0 radical (unpaired) electrons. The topological polar surface area (TPSA) is 127 Å². The summed E-state index contributed by atoms with van der Waals surface area (Å²) >= 11 is 0. The molecule has 0 aromatic carbocycles. The van der Waals surface area contributed by atoms with Crippen molar-refractivity contribution in [3.8, 4) is 0 Å². The van der Waals surface area contributed by atoms with Gasteiger partial charge in [-0.2, -0.15) is 0 Å². The molecular weight excluding hydrogens is 532 g/mol. The van der Waals surface area contributed by atoms with E-state index in [9.17, 15) is 30.3 Å². The van der Waals surface area contributed by atoms with E-state index in [1.54, 1.807) is 0 Å². The van der Waals surface area contributed by atoms with Crippen molar-refractivity contribution in [3.05, 3.63) is 58.7 Å². The smallest absolute Gasteiger partial charge is 0.145 e. The predicted octanol–water partition coefficient (Wildman–Crippen LogP) is 4.74. The van der Waals surface area contributed by atoms with Gasteiger partial charge < -0.3 is 30.3 Å². The minimum absolute atomic E-state index is 0.0170. The van der Waals surface area contributed by atoms with Gasteiger partial charge in [-0.1, -0.05) is 47.6 Å². The fraction of sp³-hybridized carbons (Fsp3) is 0.686. The number of carbonyl (C=O) groups excluding carboxylic acids is 1. The van der Waals surface area contributed by atoms with Crippen LogP contribution in [0.25, 0.3) is 0 Å². The van der Waals surface area contributed by atoms with Crippen LogP contribution in [-0.4, -0.2) is 75.6 Å². The standard InChI is InChI=1S/C35H54O7/c1-24(2)8-6-9-25(3)10-7-11-28(22-42-23-29(39)21-38)31-14-17-34-32(27(15-19-36)12-18-35(31,34)41)30(26(4)20-37)13-16-33(34,5)40/h7-8,10-11,20,27,29,31-32,36,38-41H,3,6,9,12-19,21-23H2,1-2,4-5H3/b10-7+,28-11-,30-26-/t27-,29+,31-,32-,33+,34-,35+/m0/s1. The van der Waals surface area contributed by atoms with Crippen molar-refractivity contribution in [2.45, 2.75) is 103 Å². The summed E-state index contributed by atoms with van der Waals surface area (Å²) in [5.74, 6) is -0.475. The lowest BCUT2D eigenvalue weighted by Gasteiger charge is -2.64. The molecule has 0 aliphatic heterocycles. The second kappa shape index (κ2) is 14.7. The first-order chi connectivity index (χ1) is 19.9. The maximum Gasteiger partial charge on any atom is 0.145 e. The van der Waals surface area contributed by atoms with Crippen LogP contribution in [0.1, 0.15) is 85.5 Å². The Hall–Kier alpha value is -1.87. The Morgan fingerprint density at radius 3 is 2.52 bits per heavy atom. The van der Waals surface area contributed by atoms with E-state index in [0.29, 0.717) is 50.5 Å². The van der Waals surface area contributed by atoms with E-state index in [0.717, 1.165) is 35.8 Å². The number of rotatable bonds is 14. The lowest BCUT2D eigenvalue weighted by molar-refractivity contribution is -0.246. The van der Waals surface area contributed by atoms with Crippen molar-refractivity contribution < 1.29 is 35.1 Å². The molecule has 3 rings (SSSR count). The molecule has 1 spiro atoms. The summed E-state index contributed by atoms with van der Waals surface area (Å²) in [6, 6.07) is 0. The third kappa shape index (κ3) is 6.92. The van der Waals surface area contributed by atoms with Crippen LogP contribution in [0.4, 0.5) is 0 Å². The minimum Gasteiger partial charge on any atom is -0.396 e. The molecule has 0 unspecified atom stereocenters. The van der Waals surface area contributed by atoms with Gasteiger partial charge in [-0.3, -0.25) is 4.79 Å². The second-order valence-corrected chi connectivity index (χ2v) is 13.3. The number of allylic oxidation sites excluding steroid dienone is 8. The molecule has 0 bridgehead atoms. The van der Waals surface area contributed by atoms with Crippen LogP contribution in [0.15, 0.2) is 58.7 Å². The van der Waals surface area contributed by atoms with E-state index in [4.69, 9.17) is 4.74 Å². The first-order valence-electron chi connectivity index (χ1n) is 15.6. The SMILES string of the molecule is C=C(/C=C/C=C(/COC[C@H](O)CO)[C@@H]1CC[C@]23[C@H](/C(=C(/C)C=O)CC[C@@]2(C)O)[C@H](CCO)CC[C@@]13O)CCC=C(C)C. The van der Waals surface area contributed by atoms with Gasteiger partial charge in [-0.25, -0.2) is 0 Å². The van der Waals surface area contributed by atoms with E-state index in [1.807, 2.05) is 32.1 Å². The Morgan fingerprint density at radius 2 is 1.88 bits per heavy atom. The van der Waals surface area contributed by atoms with E-state index >= 15 is 0 Å². The van der Waals surface area contributed by atoms with Crippen LogP contribution in [0.3, 0.4) is 0 Å². The van der Waals surface area contributed by atoms with Gasteiger partial charge in [0.05, 0.1) is 31.0 Å². The number of ether oxygens (including phenoxy) is 1. The van der Waals surface area contributed by atoms with Gasteiger partial charge in [0.1, 0.15) is 12.4 Å². The number of aliphatic hydroxyl groups is 5. The monoisotopic (exact) mass is 586 g/mol. The first kappa shape index (κ1) is 34.6. The summed E-state index contributed by atoms with van der Waals surface area (Å²) in [6.45, 7) is 11.7. The highest BCUT2D eigenvalue weighted by molar-refractivity contribution is 5.74. The summed E-state index contributed by atoms with van der Waals surface area (Å²) in [5.41, 5.74) is 1.48. The fourth-order valence-electron chi connectivity index (χ4n) is 8.40. The summed E-state index contributed by atoms with van der Waals surface area (Å²) in [7, 11) is 0. The molecule has 0 aromatic heterocycles. The molecule has 7 atom stereocenters. The highest BCUT2D eigenvalue weighted by atomic mass is 16.5. The van der Waals surface area contributed by atoms with Gasteiger partial charge in [0.25, 0.3) is 0 Å². The quantitative estimate of drug-likeness (QED) is 0.0861. The molecule has 0 amide bonds. The number of aldehydes is 1. The molecule has 3 saturated carbocycles. The van der Waals surface area contributed by atoms with E-state index in [2.05, 4.69) is 26.5 Å². The maximum atomic E-state index is 12.9. The van der Waals surface area contributed by atoms with Gasteiger partial charge in [0.2, 0.25) is 0 Å². The Bertz CT molecular complexity index is 1080. The van der Waals surface area contributed by atoms with Gasteiger partial charge in [-0.15, -0.1) is 0 Å². The average molecular weight is 587 g/mol. The normalized spacial score (nSPS) is 35.0. The number of hydrogen-bond donors (Lipinski definition) is 5. The minimum atomic E-state index is -1.26. The second-order valence-electron chi connectivity index (χ2n) is 13.3. The van der Waals surface area contributed by atoms with Crippen molar-refractivity contribution in [2.75, 3.05) is 26.4 Å². The number of hydrogen-bond acceptors (Lipinski definition) is 7. The maximum absolute atomic E-state index is 12.9. The Kier molecular flexibility index (Phi) is 12.1. The molecule has 236 valence electrons. The molecule has 0 saturated heterocycles. The molecule has 0 heterocycles. The third-order valence-corrected chi connectivity index (χ3v) is 10.4. The third-order valence-electron chi connectivity index (χ3n) is 10.4. The zero-order valence-electron chi connectivity index (χ0n) is 26.1. The summed E-state index contributed by atoms with van der Waals surface area (Å²) in [4.78, 5) is 12.0. The molecule has 3 aliphatic rings. The van der Waals surface area contributed by atoms with Crippen LogP contribution in [-0.2, 0) is 9.53 Å². The largest absolute Gasteiger partial charge is 0.396 e. The molecule has 3 fully saturated rings. The number of aliphatic hydroxyl groups excluding tert-OH is 3. The fourth-order valence-corrected chi connectivity index (χ4v) is 8.40. The lowest BCUT2D eigenvalue weighted by atomic mass is 9.43. The van der Waals surface area contributed by atoms with Crippen molar-refractivity contribution in [1.82, 2.24) is 0 Å². The molecule has 7 heteroatoms. The van der Waals surface area contributed by atoms with Crippen LogP contribution < -0.4 is 0 Å². The Balaban J connectivity index is 2.04. The number of carbonyl (C=O) groups is 1. The van der Waals surface area contributed by atoms with Crippen LogP contribution in [0.2, 0.25) is 0 Å². The van der Waals surface area contributed by atoms with Crippen molar-refractivity contribution in [3.63, 3.8) is 0 Å². The van der Waals surface area contributed by atoms with Crippen LogP contribution >= 0.6 is 0 Å². The van der Waals surface area contributed by atoms with Gasteiger partial charge in [0.15, 0.2) is 0 Å². The van der Waals surface area contributed by atoms with E-state index < -0.39 is 29.3 Å². The Morgan fingerprint density at radius 1 is 1.14 bits per heavy atom. The lowest BCUT2D eigenvalue weighted by Crippen LogP contribution is -2.69. The molecule has 42 heavy (non-hydrogen) atoms. The molecule has 3 aliphatic carbocycles. The van der Waals surface area contributed by atoms with Crippen LogP contribution in [0.5, 0.6) is 0 Å². The molecule has 0 aromatic rings. The van der Waals surface area contributed by atoms with Crippen LogP contribution in [0, 0.1) is 23.2 Å².